The van der Waals surface area contributed by atoms with Gasteiger partial charge in [-0.05, 0) is 127 Å². The predicted molar refractivity (Wildman–Crippen MR) is 360 cm³/mol. The zero-order valence-electron chi connectivity index (χ0n) is 57.1. The van der Waals surface area contributed by atoms with E-state index in [1.165, 1.54) is 13.8 Å². The van der Waals surface area contributed by atoms with Crippen LogP contribution in [0.1, 0.15) is 151 Å². The van der Waals surface area contributed by atoms with Gasteiger partial charge < -0.3 is 97.4 Å². The lowest BCUT2D eigenvalue weighted by molar-refractivity contribution is -0.136. The summed E-state index contributed by atoms with van der Waals surface area (Å²) < 4.78 is 0. The number of carbonyl (C=O) groups is 12. The molecule has 1 aromatic carbocycles. The number of nitrogens with one attached hydrogen (secondary N) is 11. The maximum Gasteiger partial charge on any atom is 0.245 e. The van der Waals surface area contributed by atoms with Crippen molar-refractivity contribution in [1.82, 2.24) is 58.5 Å². The summed E-state index contributed by atoms with van der Waals surface area (Å²) in [4.78, 5) is 174. The number of allylic oxidation sites excluding steroid dienone is 2. The van der Waals surface area contributed by atoms with Gasteiger partial charge in [-0.3, -0.25) is 62.5 Å². The van der Waals surface area contributed by atoms with Gasteiger partial charge in [0.2, 0.25) is 65.0 Å². The van der Waals surface area contributed by atoms with Crippen LogP contribution in [0.3, 0.4) is 0 Å². The lowest BCUT2D eigenvalue weighted by atomic mass is 9.76. The number of hydrogen-bond acceptors (Lipinski definition) is 20. The third-order valence-electron chi connectivity index (χ3n) is 16.2. The van der Waals surface area contributed by atoms with Crippen LogP contribution in [0.4, 0.5) is 0 Å². The number of Topliss-reactive ketones (excluding diaryl/α,β-unsaturated/α-hetero) is 1. The van der Waals surface area contributed by atoms with E-state index in [1.54, 1.807) is 44.2 Å². The molecule has 538 valence electrons. The van der Waals surface area contributed by atoms with E-state index in [0.717, 1.165) is 12.8 Å². The van der Waals surface area contributed by atoms with Gasteiger partial charge in [0.15, 0.2) is 5.78 Å². The monoisotopic (exact) mass is 1350 g/mol. The summed E-state index contributed by atoms with van der Waals surface area (Å²) in [6, 6.07) is -6.22. The summed E-state index contributed by atoms with van der Waals surface area (Å²) in [5.41, 5.74) is 30.0. The SMILES string of the molecule is CC(=NCC[C@H](NC(=O)[C@H](CCN)NC(=O)CCCCC(C)C)C(=O)N[C@@H](CCN)C(=O)N[C@H]1CCNC(=O)[C@H]([C@@H](C)O)NC(=O)[C@H](CCN)NC(=O)[C@H](CCN)NC(=O)[C@H](CC(C)C)NC(=O)[C@@H](Cc2ccccc2)NC(=O)[C@H](CCN)NC1=O)C1=C(O)CC(C)(C)CC1=O. The maximum atomic E-state index is 14.8. The van der Waals surface area contributed by atoms with Gasteiger partial charge in [-0.25, -0.2) is 0 Å². The third-order valence-corrected chi connectivity index (χ3v) is 16.2. The van der Waals surface area contributed by atoms with E-state index in [-0.39, 0.29) is 139 Å². The zero-order valence-corrected chi connectivity index (χ0v) is 57.1. The van der Waals surface area contributed by atoms with E-state index < -0.39 is 150 Å². The Balaban J connectivity index is 2.16. The summed E-state index contributed by atoms with van der Waals surface area (Å²) >= 11 is 0. The molecule has 31 nitrogen and oxygen atoms in total. The number of nitrogens with zero attached hydrogens (tertiary/aromatic N) is 1. The number of hydrogen-bond donors (Lipinski definition) is 18. The Morgan fingerprint density at radius 3 is 1.58 bits per heavy atom. The number of rotatable bonds is 31. The summed E-state index contributed by atoms with van der Waals surface area (Å²) in [5.74, 6) is -9.95. The van der Waals surface area contributed by atoms with E-state index in [2.05, 4.69) is 77.3 Å². The molecule has 1 aliphatic carbocycles. The summed E-state index contributed by atoms with van der Waals surface area (Å²) in [6.45, 7) is 12.6. The van der Waals surface area contributed by atoms with Gasteiger partial charge in [-0.15, -0.1) is 0 Å². The van der Waals surface area contributed by atoms with E-state index in [4.69, 9.17) is 28.7 Å². The topological polar surface area (TPSA) is 520 Å². The van der Waals surface area contributed by atoms with Crippen molar-refractivity contribution < 1.29 is 67.7 Å². The van der Waals surface area contributed by atoms with Gasteiger partial charge in [0.1, 0.15) is 66.2 Å². The second kappa shape index (κ2) is 41.9. The molecule has 31 heteroatoms. The minimum atomic E-state index is -1.71. The molecule has 0 spiro atoms. The largest absolute Gasteiger partial charge is 0.511 e. The molecular formula is C65H109N17O14. The Morgan fingerprint density at radius 1 is 0.583 bits per heavy atom. The van der Waals surface area contributed by atoms with E-state index in [1.807, 2.05) is 13.8 Å². The number of amides is 11. The average molecular weight is 1350 g/mol. The van der Waals surface area contributed by atoms with Crippen LogP contribution in [0.5, 0.6) is 0 Å². The molecule has 96 heavy (non-hydrogen) atoms. The summed E-state index contributed by atoms with van der Waals surface area (Å²) in [6.07, 6.45) is -0.649. The Hall–Kier alpha value is -7.97. The highest BCUT2D eigenvalue weighted by Gasteiger charge is 2.38. The Kier molecular flexibility index (Phi) is 35.9. The maximum absolute atomic E-state index is 14.8. The van der Waals surface area contributed by atoms with Gasteiger partial charge >= 0.3 is 0 Å². The van der Waals surface area contributed by atoms with Crippen LogP contribution >= 0.6 is 0 Å². The zero-order chi connectivity index (χ0) is 71.8. The molecule has 0 aromatic heterocycles. The predicted octanol–water partition coefficient (Wildman–Crippen LogP) is -2.96. The minimum Gasteiger partial charge on any atom is -0.511 e. The molecule has 0 bridgehead atoms. The number of benzene rings is 1. The van der Waals surface area contributed by atoms with Crippen molar-refractivity contribution >= 4 is 76.5 Å². The Morgan fingerprint density at radius 2 is 1.07 bits per heavy atom. The number of carbonyl (C=O) groups excluding carboxylic acids is 12. The lowest BCUT2D eigenvalue weighted by Gasteiger charge is -2.29. The first kappa shape index (κ1) is 82.3. The molecule has 0 radical (unpaired) electrons. The van der Waals surface area contributed by atoms with E-state index >= 15 is 0 Å². The number of aliphatic hydroxyl groups excluding tert-OH is 2. The first-order valence-corrected chi connectivity index (χ1v) is 33.4. The fraction of sp³-hybridized carbons (Fsp3) is 0.677. The number of nitrogens with two attached hydrogens (primary N) is 5. The summed E-state index contributed by atoms with van der Waals surface area (Å²) in [5, 5.41) is 50.5. The molecule has 3 rings (SSSR count). The third kappa shape index (κ3) is 28.4. The molecule has 1 fully saturated rings. The molecule has 0 unspecified atom stereocenters. The molecule has 11 amide bonds. The first-order valence-electron chi connectivity index (χ1n) is 33.4. The van der Waals surface area contributed by atoms with Crippen molar-refractivity contribution in [3.8, 4) is 0 Å². The van der Waals surface area contributed by atoms with Gasteiger partial charge in [0.25, 0.3) is 0 Å². The fourth-order valence-corrected chi connectivity index (χ4v) is 11.0. The quantitative estimate of drug-likeness (QED) is 0.0261. The highest BCUT2D eigenvalue weighted by atomic mass is 16.3. The van der Waals surface area contributed by atoms with Crippen molar-refractivity contribution in [2.24, 2.45) is 50.9 Å². The van der Waals surface area contributed by atoms with Crippen LogP contribution in [0.25, 0.3) is 0 Å². The molecule has 2 aliphatic rings. The van der Waals surface area contributed by atoms with Crippen molar-refractivity contribution in [3.63, 3.8) is 0 Å². The summed E-state index contributed by atoms with van der Waals surface area (Å²) in [7, 11) is 0. The van der Waals surface area contributed by atoms with Gasteiger partial charge in [-0.2, -0.15) is 0 Å². The minimum absolute atomic E-state index is 0.0287. The van der Waals surface area contributed by atoms with E-state index in [9.17, 15) is 67.7 Å². The normalized spacial score (nSPS) is 22.8. The van der Waals surface area contributed by atoms with Gasteiger partial charge in [0.05, 0.1) is 11.7 Å². The van der Waals surface area contributed by atoms with Crippen molar-refractivity contribution in [3.05, 3.63) is 47.2 Å². The number of ketones is 1. The molecule has 23 N–H and O–H groups in total. The Labute approximate surface area is 562 Å². The van der Waals surface area contributed by atoms with E-state index in [0.29, 0.717) is 17.9 Å². The smallest absolute Gasteiger partial charge is 0.245 e. The second-order valence-electron chi connectivity index (χ2n) is 26.3. The molecule has 1 aromatic rings. The second-order valence-corrected chi connectivity index (χ2v) is 26.3. The first-order chi connectivity index (χ1) is 45.4. The van der Waals surface area contributed by atoms with Gasteiger partial charge in [0, 0.05) is 44.5 Å². The highest BCUT2D eigenvalue weighted by molar-refractivity contribution is 6.22. The highest BCUT2D eigenvalue weighted by Crippen LogP contribution is 2.36. The molecular weight excluding hydrogens is 1240 g/mol. The molecule has 1 saturated heterocycles. The van der Waals surface area contributed by atoms with Crippen LogP contribution in [0.2, 0.25) is 0 Å². The lowest BCUT2D eigenvalue weighted by Crippen LogP contribution is -2.61. The van der Waals surface area contributed by atoms with Gasteiger partial charge in [-0.1, -0.05) is 84.7 Å². The number of aliphatic hydroxyl groups is 2. The molecule has 0 saturated carbocycles. The molecule has 1 aliphatic heterocycles. The average Bonchev–Trinajstić information content (AvgIpc) is 0.844. The van der Waals surface area contributed by atoms with Crippen LogP contribution in [-0.4, -0.2) is 199 Å². The number of aliphatic imine (C=N–C) groups is 1. The van der Waals surface area contributed by atoms with Crippen LogP contribution in [0.15, 0.2) is 46.7 Å². The Bertz CT molecular complexity index is 2850. The van der Waals surface area contributed by atoms with Crippen LogP contribution in [-0.2, 0) is 64.0 Å². The van der Waals surface area contributed by atoms with Crippen molar-refractivity contribution in [1.29, 1.82) is 0 Å². The molecule has 11 atom stereocenters. The van der Waals surface area contributed by atoms with Crippen LogP contribution < -0.4 is 87.2 Å². The van der Waals surface area contributed by atoms with Crippen molar-refractivity contribution in [2.75, 3.05) is 45.8 Å². The van der Waals surface area contributed by atoms with Crippen molar-refractivity contribution in [2.45, 2.75) is 218 Å². The standard InChI is InChI=1S/C65H109N17O14/c1-36(2)14-12-13-17-52(86)73-41(18-25-66)55(87)78-46(23-30-71-38(5)53-50(84)34-65(7,8)35-51(53)85)59(91)74-42(19-26-67)57(89)79-47-24-31-72-64(96)54(39(6)83)82-61(93)45(22-29-70)76-56(88)43(20-27-68)77-62(94)48(32-37(3)4)80-63(95)49(33-40-15-10-9-11-16-40)81-58(90)44(21-28-69)75-60(47)92/h9-11,15-16,36-37,39,41-49,54,83-84H,12-14,17-35,66-70H2,1-8H3,(H,72,96)(H,73,86)(H,74,91)(H,75,92)(H,76,88)(H,77,94)(H,78,87)(H,79,89)(H,80,95)(H,81,90)(H,82,93)/t39-,41+,42+,43+,44+,45+,46+,47+,48+,49-,54+/m1/s1. The van der Waals surface area contributed by atoms with Crippen LogP contribution in [0, 0.1) is 17.3 Å². The molecule has 1 heterocycles. The fourth-order valence-electron chi connectivity index (χ4n) is 11.0. The number of unbranched alkanes of at least 4 members (excludes halogenated alkanes) is 1.